The van der Waals surface area contributed by atoms with Crippen LogP contribution in [0, 0.1) is 0 Å². The van der Waals surface area contributed by atoms with Crippen molar-refractivity contribution in [1.29, 1.82) is 0 Å². The number of hydrogen-bond donors (Lipinski definition) is 0. The van der Waals surface area contributed by atoms with Gasteiger partial charge in [-0.05, 0) is 17.2 Å². The Hall–Kier alpha value is -2.02. The van der Waals surface area contributed by atoms with Crippen LogP contribution in [0.4, 0.5) is 5.95 Å². The van der Waals surface area contributed by atoms with Gasteiger partial charge in [-0.2, -0.15) is 0 Å². The average Bonchev–Trinajstić information content (AvgIpc) is 3.11. The van der Waals surface area contributed by atoms with E-state index in [1.165, 1.54) is 5.56 Å². The van der Waals surface area contributed by atoms with Gasteiger partial charge in [0, 0.05) is 23.9 Å². The van der Waals surface area contributed by atoms with Crippen molar-refractivity contribution in [3.8, 4) is 0 Å². The second-order valence-electron chi connectivity index (χ2n) is 6.33. The lowest BCUT2D eigenvalue weighted by Gasteiger charge is -2.28. The third kappa shape index (κ3) is 4.46. The maximum absolute atomic E-state index is 6.31. The van der Waals surface area contributed by atoms with Gasteiger partial charge in [-0.1, -0.05) is 71.9 Å². The summed E-state index contributed by atoms with van der Waals surface area (Å²) in [4.78, 5) is 2.25. The molecule has 1 aromatic heterocycles. The summed E-state index contributed by atoms with van der Waals surface area (Å²) in [5, 5.41) is 10.7. The van der Waals surface area contributed by atoms with Crippen molar-refractivity contribution < 1.29 is 4.74 Å². The lowest BCUT2D eigenvalue weighted by molar-refractivity contribution is 0.121. The van der Waals surface area contributed by atoms with Crippen molar-refractivity contribution in [1.82, 2.24) is 14.8 Å². The first kappa shape index (κ1) is 18.3. The molecule has 0 N–H and O–H groups in total. The molecule has 2 heterocycles. The number of halogens is 1. The number of ether oxygens (including phenoxy) is 1. The number of morpholine rings is 1. The molecule has 0 atom stereocenters. The molecule has 0 unspecified atom stereocenters. The van der Waals surface area contributed by atoms with Gasteiger partial charge in [0.15, 0.2) is 5.16 Å². The third-order valence-corrected chi connectivity index (χ3v) is 5.87. The van der Waals surface area contributed by atoms with Gasteiger partial charge in [0.1, 0.15) is 0 Å². The maximum Gasteiger partial charge on any atom is 0.228 e. The van der Waals surface area contributed by atoms with E-state index >= 15 is 0 Å². The molecular weight excluding hydrogens is 380 g/mol. The van der Waals surface area contributed by atoms with Crippen LogP contribution in [0.2, 0.25) is 5.02 Å². The Kier molecular flexibility index (Phi) is 5.97. The van der Waals surface area contributed by atoms with Crippen molar-refractivity contribution in [3.05, 3.63) is 70.7 Å². The normalized spacial score (nSPS) is 14.5. The summed E-state index contributed by atoms with van der Waals surface area (Å²) in [6.07, 6.45) is 0. The lowest BCUT2D eigenvalue weighted by Crippen LogP contribution is -2.38. The quantitative estimate of drug-likeness (QED) is 0.582. The topological polar surface area (TPSA) is 43.2 Å². The maximum atomic E-state index is 6.31. The molecule has 1 fully saturated rings. The molecule has 0 radical (unpaired) electrons. The van der Waals surface area contributed by atoms with Crippen molar-refractivity contribution in [3.63, 3.8) is 0 Å². The summed E-state index contributed by atoms with van der Waals surface area (Å²) < 4.78 is 7.68. The summed E-state index contributed by atoms with van der Waals surface area (Å²) in [5.74, 6) is 1.67. The number of benzene rings is 2. The first-order valence-electron chi connectivity index (χ1n) is 8.97. The monoisotopic (exact) mass is 400 g/mol. The fourth-order valence-corrected chi connectivity index (χ4v) is 4.27. The first-order chi connectivity index (χ1) is 13.3. The molecule has 27 heavy (non-hydrogen) atoms. The van der Waals surface area contributed by atoms with Crippen molar-refractivity contribution in [2.24, 2.45) is 0 Å². The van der Waals surface area contributed by atoms with Gasteiger partial charge in [0.25, 0.3) is 0 Å². The fourth-order valence-electron chi connectivity index (χ4n) is 3.05. The molecule has 1 saturated heterocycles. The number of aromatic nitrogens is 3. The van der Waals surface area contributed by atoms with Gasteiger partial charge < -0.3 is 9.64 Å². The van der Waals surface area contributed by atoms with Crippen LogP contribution in [0.25, 0.3) is 0 Å². The lowest BCUT2D eigenvalue weighted by atomic mass is 10.2. The number of nitrogens with zero attached hydrogens (tertiary/aromatic N) is 4. The molecular formula is C20H21ClN4OS. The van der Waals surface area contributed by atoms with Crippen molar-refractivity contribution in [2.75, 3.05) is 31.2 Å². The molecule has 4 rings (SSSR count). The third-order valence-electron chi connectivity index (χ3n) is 4.49. The van der Waals surface area contributed by atoms with Crippen LogP contribution in [0.1, 0.15) is 11.1 Å². The van der Waals surface area contributed by atoms with E-state index < -0.39 is 0 Å². The van der Waals surface area contributed by atoms with Crippen LogP contribution in [-0.2, 0) is 17.0 Å². The second kappa shape index (κ2) is 8.78. The molecule has 0 spiro atoms. The Morgan fingerprint density at radius 2 is 1.70 bits per heavy atom. The highest BCUT2D eigenvalue weighted by molar-refractivity contribution is 7.98. The van der Waals surface area contributed by atoms with E-state index in [0.717, 1.165) is 60.3 Å². The van der Waals surface area contributed by atoms with Crippen LogP contribution < -0.4 is 4.90 Å². The molecule has 1 aliphatic heterocycles. The standard InChI is InChI=1S/C20H21ClN4OS/c21-18-9-5-4-8-17(18)15-27-20-23-22-19(24-10-12-26-13-11-24)25(20)14-16-6-2-1-3-7-16/h1-9H,10-15H2. The van der Waals surface area contributed by atoms with E-state index in [2.05, 4.69) is 50.0 Å². The summed E-state index contributed by atoms with van der Waals surface area (Å²) >= 11 is 7.97. The van der Waals surface area contributed by atoms with Gasteiger partial charge in [-0.25, -0.2) is 0 Å². The molecule has 0 bridgehead atoms. The molecule has 1 aliphatic rings. The van der Waals surface area contributed by atoms with E-state index in [1.54, 1.807) is 11.8 Å². The Labute approximate surface area is 168 Å². The summed E-state index contributed by atoms with van der Waals surface area (Å²) in [6, 6.07) is 18.3. The molecule has 140 valence electrons. The SMILES string of the molecule is Clc1ccccc1CSc1nnc(N2CCOCC2)n1Cc1ccccc1. The van der Waals surface area contributed by atoms with E-state index in [1.807, 2.05) is 24.3 Å². The average molecular weight is 401 g/mol. The number of rotatable bonds is 6. The van der Waals surface area contributed by atoms with Crippen molar-refractivity contribution >= 4 is 29.3 Å². The molecule has 0 aliphatic carbocycles. The Bertz CT molecular complexity index is 881. The highest BCUT2D eigenvalue weighted by atomic mass is 35.5. The van der Waals surface area contributed by atoms with Gasteiger partial charge in [0.2, 0.25) is 5.95 Å². The van der Waals surface area contributed by atoms with E-state index in [4.69, 9.17) is 16.3 Å². The fraction of sp³-hybridized carbons (Fsp3) is 0.300. The number of hydrogen-bond acceptors (Lipinski definition) is 5. The number of thioether (sulfide) groups is 1. The Morgan fingerprint density at radius 1 is 0.963 bits per heavy atom. The Morgan fingerprint density at radius 3 is 2.48 bits per heavy atom. The molecule has 3 aromatic rings. The van der Waals surface area contributed by atoms with Crippen LogP contribution in [0.15, 0.2) is 59.8 Å². The summed E-state index contributed by atoms with van der Waals surface area (Å²) in [5.41, 5.74) is 2.33. The van der Waals surface area contributed by atoms with E-state index in [0.29, 0.717) is 0 Å². The van der Waals surface area contributed by atoms with E-state index in [9.17, 15) is 0 Å². The minimum Gasteiger partial charge on any atom is -0.378 e. The minimum atomic E-state index is 0.723. The van der Waals surface area contributed by atoms with Crippen LogP contribution >= 0.6 is 23.4 Å². The second-order valence-corrected chi connectivity index (χ2v) is 7.68. The predicted molar refractivity (Wildman–Crippen MR) is 110 cm³/mol. The number of anilines is 1. The molecule has 5 nitrogen and oxygen atoms in total. The Balaban J connectivity index is 1.60. The van der Waals surface area contributed by atoms with E-state index in [-0.39, 0.29) is 0 Å². The van der Waals surface area contributed by atoms with Gasteiger partial charge in [-0.3, -0.25) is 4.57 Å². The molecule has 0 saturated carbocycles. The molecule has 0 amide bonds. The van der Waals surface area contributed by atoms with Gasteiger partial charge >= 0.3 is 0 Å². The van der Waals surface area contributed by atoms with Crippen LogP contribution in [-0.4, -0.2) is 41.1 Å². The largest absolute Gasteiger partial charge is 0.378 e. The van der Waals surface area contributed by atoms with Gasteiger partial charge in [-0.15, -0.1) is 10.2 Å². The highest BCUT2D eigenvalue weighted by Crippen LogP contribution is 2.29. The zero-order valence-electron chi connectivity index (χ0n) is 14.9. The zero-order valence-corrected chi connectivity index (χ0v) is 16.5. The summed E-state index contributed by atoms with van der Waals surface area (Å²) in [6.45, 7) is 3.86. The van der Waals surface area contributed by atoms with Crippen molar-refractivity contribution in [2.45, 2.75) is 17.5 Å². The van der Waals surface area contributed by atoms with Crippen LogP contribution in [0.5, 0.6) is 0 Å². The summed E-state index contributed by atoms with van der Waals surface area (Å²) in [7, 11) is 0. The first-order valence-corrected chi connectivity index (χ1v) is 10.3. The van der Waals surface area contributed by atoms with Gasteiger partial charge in [0.05, 0.1) is 19.8 Å². The zero-order chi connectivity index (χ0) is 18.5. The minimum absolute atomic E-state index is 0.723. The highest BCUT2D eigenvalue weighted by Gasteiger charge is 2.21. The molecule has 7 heteroatoms. The molecule has 2 aromatic carbocycles. The smallest absolute Gasteiger partial charge is 0.228 e. The van der Waals surface area contributed by atoms with Crippen LogP contribution in [0.3, 0.4) is 0 Å². The predicted octanol–water partition coefficient (Wildman–Crippen LogP) is 4.11.